The molecular formula is C13H11BrF3NO3. The zero-order valence-electron chi connectivity index (χ0n) is 10.6. The van der Waals surface area contributed by atoms with Crippen LogP contribution in [0, 0.1) is 0 Å². The summed E-state index contributed by atoms with van der Waals surface area (Å²) in [7, 11) is 0. The van der Waals surface area contributed by atoms with Crippen molar-refractivity contribution in [3.8, 4) is 0 Å². The van der Waals surface area contributed by atoms with Gasteiger partial charge in [0.1, 0.15) is 5.54 Å². The highest BCUT2D eigenvalue weighted by molar-refractivity contribution is 9.10. The number of aliphatic carboxylic acids is 1. The summed E-state index contributed by atoms with van der Waals surface area (Å²) in [6.07, 6.45) is -5.23. The topological polar surface area (TPSA) is 66.4 Å². The summed E-state index contributed by atoms with van der Waals surface area (Å²) in [6.45, 7) is 0. The summed E-state index contributed by atoms with van der Waals surface area (Å²) in [5, 5.41) is 10.7. The largest absolute Gasteiger partial charge is 0.480 e. The molecule has 0 bridgehead atoms. The molecule has 2 N–H and O–H groups in total. The quantitative estimate of drug-likeness (QED) is 0.865. The van der Waals surface area contributed by atoms with Gasteiger partial charge in [0.2, 0.25) is 0 Å². The van der Waals surface area contributed by atoms with E-state index in [0.29, 0.717) is 0 Å². The molecule has 0 aromatic heterocycles. The fourth-order valence-electron chi connectivity index (χ4n) is 2.40. The van der Waals surface area contributed by atoms with Gasteiger partial charge in [0.25, 0.3) is 0 Å². The van der Waals surface area contributed by atoms with E-state index in [1.807, 2.05) is 0 Å². The van der Waals surface area contributed by atoms with Crippen LogP contribution in [0.2, 0.25) is 0 Å². The van der Waals surface area contributed by atoms with E-state index in [0.717, 1.165) is 10.0 Å². The number of nitrogens with one attached hydrogen (secondary N) is 1. The lowest BCUT2D eigenvalue weighted by Gasteiger charge is -2.45. The molecule has 1 aromatic carbocycles. The second-order valence-electron chi connectivity index (χ2n) is 5.00. The molecule has 4 nitrogen and oxygen atoms in total. The van der Waals surface area contributed by atoms with Crippen molar-refractivity contribution in [1.82, 2.24) is 5.32 Å². The van der Waals surface area contributed by atoms with Crippen LogP contribution in [0.3, 0.4) is 0 Å². The molecule has 0 heterocycles. The fraction of sp³-hybridized carbons (Fsp3) is 0.385. The second-order valence-corrected chi connectivity index (χ2v) is 5.91. The van der Waals surface area contributed by atoms with E-state index in [1.165, 1.54) is 0 Å². The molecule has 8 heteroatoms. The molecule has 1 saturated carbocycles. The lowest BCUT2D eigenvalue weighted by atomic mass is 9.65. The maximum Gasteiger partial charge on any atom is 0.471 e. The van der Waals surface area contributed by atoms with Crippen LogP contribution in [-0.4, -0.2) is 28.7 Å². The number of carbonyl (C=O) groups excluding carboxylic acids is 1. The van der Waals surface area contributed by atoms with E-state index < -0.39 is 23.6 Å². The van der Waals surface area contributed by atoms with Gasteiger partial charge in [0, 0.05) is 4.47 Å². The minimum absolute atomic E-state index is 0.0688. The first-order chi connectivity index (χ1) is 9.64. The smallest absolute Gasteiger partial charge is 0.471 e. The van der Waals surface area contributed by atoms with Gasteiger partial charge >= 0.3 is 18.1 Å². The maximum absolute atomic E-state index is 12.3. The summed E-state index contributed by atoms with van der Waals surface area (Å²) >= 11 is 3.27. The van der Waals surface area contributed by atoms with Crippen molar-refractivity contribution >= 4 is 27.8 Å². The maximum atomic E-state index is 12.3. The summed E-state index contributed by atoms with van der Waals surface area (Å²) in [5.41, 5.74) is -1.03. The lowest BCUT2D eigenvalue weighted by molar-refractivity contribution is -0.180. The highest BCUT2D eigenvalue weighted by atomic mass is 79.9. The van der Waals surface area contributed by atoms with Gasteiger partial charge in [0.15, 0.2) is 0 Å². The van der Waals surface area contributed by atoms with Crippen molar-refractivity contribution in [2.75, 3.05) is 0 Å². The molecule has 0 atom stereocenters. The average molecular weight is 366 g/mol. The van der Waals surface area contributed by atoms with Crippen molar-refractivity contribution < 1.29 is 27.9 Å². The van der Waals surface area contributed by atoms with Gasteiger partial charge < -0.3 is 10.4 Å². The van der Waals surface area contributed by atoms with Crippen LogP contribution in [0.25, 0.3) is 0 Å². The third kappa shape index (κ3) is 3.20. The Labute approximate surface area is 126 Å². The van der Waals surface area contributed by atoms with E-state index >= 15 is 0 Å². The van der Waals surface area contributed by atoms with Crippen LogP contribution in [0.15, 0.2) is 28.7 Å². The highest BCUT2D eigenvalue weighted by Gasteiger charge is 2.55. The minimum Gasteiger partial charge on any atom is -0.480 e. The zero-order chi connectivity index (χ0) is 15.8. The van der Waals surface area contributed by atoms with Crippen LogP contribution in [0.1, 0.15) is 24.3 Å². The van der Waals surface area contributed by atoms with Gasteiger partial charge in [-0.3, -0.25) is 4.79 Å². The molecule has 21 heavy (non-hydrogen) atoms. The predicted molar refractivity (Wildman–Crippen MR) is 70.7 cm³/mol. The molecule has 0 saturated heterocycles. The normalized spacial score (nSPS) is 25.0. The molecule has 1 aliphatic carbocycles. The molecule has 1 amide bonds. The molecular weight excluding hydrogens is 355 g/mol. The van der Waals surface area contributed by atoms with Crippen molar-refractivity contribution in [2.45, 2.75) is 30.5 Å². The van der Waals surface area contributed by atoms with Crippen LogP contribution in [-0.2, 0) is 9.59 Å². The predicted octanol–water partition coefficient (Wildman–Crippen LogP) is 2.83. The Kier molecular flexibility index (Phi) is 4.01. The zero-order valence-corrected chi connectivity index (χ0v) is 12.2. The Balaban J connectivity index is 2.12. The van der Waals surface area contributed by atoms with Crippen molar-refractivity contribution in [1.29, 1.82) is 0 Å². The average Bonchev–Trinajstić information content (AvgIpc) is 2.31. The Morgan fingerprint density at radius 2 is 1.95 bits per heavy atom. The molecule has 0 unspecified atom stereocenters. The number of carboxylic acids is 1. The van der Waals surface area contributed by atoms with Gasteiger partial charge in [-0.2, -0.15) is 13.2 Å². The molecule has 0 radical (unpaired) electrons. The first-order valence-corrected chi connectivity index (χ1v) is 6.81. The van der Waals surface area contributed by atoms with Crippen molar-refractivity contribution in [3.63, 3.8) is 0 Å². The third-order valence-corrected chi connectivity index (χ3v) is 4.02. The number of hydrogen-bond donors (Lipinski definition) is 2. The van der Waals surface area contributed by atoms with Gasteiger partial charge in [0.05, 0.1) is 0 Å². The monoisotopic (exact) mass is 365 g/mol. The molecule has 2 rings (SSSR count). The Morgan fingerprint density at radius 3 is 2.43 bits per heavy atom. The van der Waals surface area contributed by atoms with E-state index in [9.17, 15) is 22.8 Å². The van der Waals surface area contributed by atoms with Gasteiger partial charge in [-0.15, -0.1) is 0 Å². The van der Waals surface area contributed by atoms with Crippen molar-refractivity contribution in [3.05, 3.63) is 34.3 Å². The summed E-state index contributed by atoms with van der Waals surface area (Å²) < 4.78 is 37.6. The highest BCUT2D eigenvalue weighted by Crippen LogP contribution is 2.45. The first-order valence-electron chi connectivity index (χ1n) is 6.02. The standard InChI is InChI=1S/C13H11BrF3NO3/c14-9-3-1-2-7(4-9)8-5-12(6-8,11(20)21)18-10(19)13(15,16)17/h1-4,8H,5-6H2,(H,18,19)(H,20,21). The van der Waals surface area contributed by atoms with E-state index in [2.05, 4.69) is 15.9 Å². The third-order valence-electron chi connectivity index (χ3n) is 3.53. The summed E-state index contributed by atoms with van der Waals surface area (Å²) in [5.74, 6) is -3.88. The van der Waals surface area contributed by atoms with Crippen LogP contribution < -0.4 is 5.32 Å². The number of hydrogen-bond acceptors (Lipinski definition) is 2. The minimum atomic E-state index is -5.09. The van der Waals surface area contributed by atoms with Gasteiger partial charge in [-0.25, -0.2) is 4.79 Å². The fourth-order valence-corrected chi connectivity index (χ4v) is 2.81. The van der Waals surface area contributed by atoms with Gasteiger partial charge in [-0.05, 0) is 36.5 Å². The van der Waals surface area contributed by atoms with Crippen LogP contribution in [0.4, 0.5) is 13.2 Å². The summed E-state index contributed by atoms with van der Waals surface area (Å²) in [4.78, 5) is 22.2. The number of rotatable bonds is 3. The molecule has 1 fully saturated rings. The molecule has 114 valence electrons. The Bertz CT molecular complexity index is 582. The molecule has 1 aliphatic rings. The molecule has 1 aromatic rings. The number of amides is 1. The Morgan fingerprint density at radius 1 is 1.33 bits per heavy atom. The van der Waals surface area contributed by atoms with E-state index in [-0.39, 0.29) is 18.8 Å². The van der Waals surface area contributed by atoms with E-state index in [4.69, 9.17) is 5.11 Å². The lowest BCUT2D eigenvalue weighted by Crippen LogP contribution is -2.63. The number of benzene rings is 1. The summed E-state index contributed by atoms with van der Waals surface area (Å²) in [6, 6.07) is 7.10. The Hall–Kier alpha value is -1.57. The first kappa shape index (κ1) is 15.8. The SMILES string of the molecule is O=C(NC1(C(=O)O)CC(c2cccc(Br)c2)C1)C(F)(F)F. The number of halogens is 4. The molecule has 0 spiro atoms. The second kappa shape index (κ2) is 5.32. The van der Waals surface area contributed by atoms with Gasteiger partial charge in [-0.1, -0.05) is 28.1 Å². The number of alkyl halides is 3. The van der Waals surface area contributed by atoms with Crippen LogP contribution >= 0.6 is 15.9 Å². The molecule has 0 aliphatic heterocycles. The van der Waals surface area contributed by atoms with Crippen LogP contribution in [0.5, 0.6) is 0 Å². The van der Waals surface area contributed by atoms with E-state index in [1.54, 1.807) is 29.6 Å². The van der Waals surface area contributed by atoms with Crippen molar-refractivity contribution in [2.24, 2.45) is 0 Å². The number of carbonyl (C=O) groups is 2. The number of carboxylic acid groups (broad SMARTS) is 1.